The maximum absolute atomic E-state index is 11.3. The summed E-state index contributed by atoms with van der Waals surface area (Å²) < 4.78 is 10.6. The zero-order chi connectivity index (χ0) is 15.6. The monoisotopic (exact) mass is 298 g/mol. The van der Waals surface area contributed by atoms with Crippen LogP contribution in [0.3, 0.4) is 0 Å². The first kappa shape index (κ1) is 15.4. The molecule has 1 saturated heterocycles. The third-order valence-electron chi connectivity index (χ3n) is 3.13. The molecule has 0 radical (unpaired) electrons. The molecule has 0 aliphatic carbocycles. The van der Waals surface area contributed by atoms with Gasteiger partial charge >= 0.3 is 5.69 Å². The Balaban J connectivity index is 2.43. The van der Waals surface area contributed by atoms with Crippen LogP contribution in [-0.4, -0.2) is 58.5 Å². The van der Waals surface area contributed by atoms with E-state index in [-0.39, 0.29) is 24.0 Å². The van der Waals surface area contributed by atoms with E-state index >= 15 is 0 Å². The van der Waals surface area contributed by atoms with Crippen LogP contribution in [0.5, 0.6) is 5.88 Å². The molecule has 9 nitrogen and oxygen atoms in total. The van der Waals surface area contributed by atoms with Gasteiger partial charge in [0.25, 0.3) is 5.88 Å². The zero-order valence-corrected chi connectivity index (χ0v) is 12.1. The van der Waals surface area contributed by atoms with E-state index in [0.717, 1.165) is 0 Å². The molecule has 2 rings (SSSR count). The number of morpholine rings is 1. The standard InChI is InChI=1S/C12H18N4O5/c1-12(2)6-15(4-8(5-17)21-12)10-9(16(18)19)11(20-3)14-7-13-10/h7-8,17H,4-6H2,1-3H3. The molecule has 21 heavy (non-hydrogen) atoms. The van der Waals surface area contributed by atoms with Crippen molar-refractivity contribution >= 4 is 11.5 Å². The number of nitrogens with zero attached hydrogens (tertiary/aromatic N) is 4. The second kappa shape index (κ2) is 5.78. The van der Waals surface area contributed by atoms with Crippen LogP contribution in [0.1, 0.15) is 13.8 Å². The van der Waals surface area contributed by atoms with E-state index in [1.54, 1.807) is 4.90 Å². The SMILES string of the molecule is COc1ncnc(N2CC(CO)OC(C)(C)C2)c1[N+](=O)[O-]. The van der Waals surface area contributed by atoms with E-state index in [1.807, 2.05) is 13.8 Å². The summed E-state index contributed by atoms with van der Waals surface area (Å²) in [6, 6.07) is 0. The molecule has 0 saturated carbocycles. The molecule has 9 heteroatoms. The molecule has 0 aromatic carbocycles. The number of hydrogen-bond donors (Lipinski definition) is 1. The average Bonchev–Trinajstić information content (AvgIpc) is 2.44. The molecule has 1 atom stereocenters. The minimum Gasteiger partial charge on any atom is -0.476 e. The summed E-state index contributed by atoms with van der Waals surface area (Å²) in [5.74, 6) is 0.0801. The Bertz CT molecular complexity index is 536. The second-order valence-electron chi connectivity index (χ2n) is 5.37. The Labute approximate surface area is 121 Å². The maximum Gasteiger partial charge on any atom is 0.372 e. The van der Waals surface area contributed by atoms with Crippen LogP contribution in [0.15, 0.2) is 6.33 Å². The second-order valence-corrected chi connectivity index (χ2v) is 5.37. The number of methoxy groups -OCH3 is 1. The molecule has 0 spiro atoms. The zero-order valence-electron chi connectivity index (χ0n) is 12.1. The number of aliphatic hydroxyl groups excluding tert-OH is 1. The number of aliphatic hydroxyl groups is 1. The highest BCUT2D eigenvalue weighted by molar-refractivity contribution is 5.63. The Morgan fingerprint density at radius 1 is 1.62 bits per heavy atom. The molecular weight excluding hydrogens is 280 g/mol. The molecule has 116 valence electrons. The van der Waals surface area contributed by atoms with Crippen molar-refractivity contribution in [3.63, 3.8) is 0 Å². The molecule has 1 N–H and O–H groups in total. The Morgan fingerprint density at radius 3 is 2.90 bits per heavy atom. The van der Waals surface area contributed by atoms with Crippen LogP contribution in [-0.2, 0) is 4.74 Å². The lowest BCUT2D eigenvalue weighted by molar-refractivity contribution is -0.385. The normalized spacial score (nSPS) is 21.1. The molecule has 1 unspecified atom stereocenters. The molecule has 1 fully saturated rings. The van der Waals surface area contributed by atoms with E-state index in [1.165, 1.54) is 13.4 Å². The van der Waals surface area contributed by atoms with Crippen LogP contribution in [0.25, 0.3) is 0 Å². The van der Waals surface area contributed by atoms with E-state index in [0.29, 0.717) is 13.1 Å². The van der Waals surface area contributed by atoms with Crippen molar-refractivity contribution in [2.45, 2.75) is 25.6 Å². The van der Waals surface area contributed by atoms with Crippen molar-refractivity contribution in [3.8, 4) is 5.88 Å². The van der Waals surface area contributed by atoms with Gasteiger partial charge < -0.3 is 19.5 Å². The van der Waals surface area contributed by atoms with Gasteiger partial charge in [0, 0.05) is 13.1 Å². The van der Waals surface area contributed by atoms with Gasteiger partial charge in [-0.15, -0.1) is 0 Å². The maximum atomic E-state index is 11.3. The summed E-state index contributed by atoms with van der Waals surface area (Å²) in [4.78, 5) is 20.2. The number of hydrogen-bond acceptors (Lipinski definition) is 8. The minimum absolute atomic E-state index is 0.0881. The lowest BCUT2D eigenvalue weighted by atomic mass is 10.1. The summed E-state index contributed by atoms with van der Waals surface area (Å²) in [6.07, 6.45) is 0.784. The average molecular weight is 298 g/mol. The molecule has 0 amide bonds. The Hall–Kier alpha value is -2.00. The van der Waals surface area contributed by atoms with Crippen molar-refractivity contribution in [1.82, 2.24) is 9.97 Å². The van der Waals surface area contributed by atoms with Gasteiger partial charge in [-0.2, -0.15) is 4.98 Å². The van der Waals surface area contributed by atoms with E-state index in [9.17, 15) is 15.2 Å². The number of aromatic nitrogens is 2. The molecule has 2 heterocycles. The fourth-order valence-corrected chi connectivity index (χ4v) is 2.45. The van der Waals surface area contributed by atoms with E-state index in [2.05, 4.69) is 9.97 Å². The summed E-state index contributed by atoms with van der Waals surface area (Å²) in [6.45, 7) is 4.25. The van der Waals surface area contributed by atoms with Crippen molar-refractivity contribution < 1.29 is 19.5 Å². The highest BCUT2D eigenvalue weighted by Gasteiger charge is 2.37. The van der Waals surface area contributed by atoms with Gasteiger partial charge in [0.2, 0.25) is 5.82 Å². The smallest absolute Gasteiger partial charge is 0.372 e. The van der Waals surface area contributed by atoms with Gasteiger partial charge in [-0.1, -0.05) is 0 Å². The number of anilines is 1. The fourth-order valence-electron chi connectivity index (χ4n) is 2.45. The van der Waals surface area contributed by atoms with Gasteiger partial charge in [0.15, 0.2) is 0 Å². The van der Waals surface area contributed by atoms with Gasteiger partial charge in [0.1, 0.15) is 6.33 Å². The van der Waals surface area contributed by atoms with Crippen LogP contribution >= 0.6 is 0 Å². The van der Waals surface area contributed by atoms with Gasteiger partial charge in [-0.3, -0.25) is 10.1 Å². The van der Waals surface area contributed by atoms with E-state index in [4.69, 9.17) is 9.47 Å². The molecule has 0 bridgehead atoms. The third-order valence-corrected chi connectivity index (χ3v) is 3.13. The lowest BCUT2D eigenvalue weighted by Crippen LogP contribution is -2.54. The predicted octanol–water partition coefficient (Wildman–Crippen LogP) is 0.370. The van der Waals surface area contributed by atoms with Gasteiger partial charge in [-0.05, 0) is 13.8 Å². The molecule has 1 aromatic rings. The highest BCUT2D eigenvalue weighted by atomic mass is 16.6. The van der Waals surface area contributed by atoms with Crippen LogP contribution < -0.4 is 9.64 Å². The van der Waals surface area contributed by atoms with E-state index < -0.39 is 16.6 Å². The molecule has 1 aliphatic heterocycles. The molecule has 1 aromatic heterocycles. The highest BCUT2D eigenvalue weighted by Crippen LogP contribution is 2.35. The summed E-state index contributed by atoms with van der Waals surface area (Å²) in [7, 11) is 1.32. The van der Waals surface area contributed by atoms with Crippen LogP contribution in [0.4, 0.5) is 11.5 Å². The van der Waals surface area contributed by atoms with Crippen molar-refractivity contribution in [2.24, 2.45) is 0 Å². The number of ether oxygens (including phenoxy) is 2. The van der Waals surface area contributed by atoms with Crippen molar-refractivity contribution in [2.75, 3.05) is 31.7 Å². The minimum atomic E-state index is -0.565. The quantitative estimate of drug-likeness (QED) is 0.627. The summed E-state index contributed by atoms with van der Waals surface area (Å²) >= 11 is 0. The lowest BCUT2D eigenvalue weighted by Gasteiger charge is -2.42. The van der Waals surface area contributed by atoms with Crippen LogP contribution in [0, 0.1) is 10.1 Å². The first-order chi connectivity index (χ1) is 9.88. The fraction of sp³-hybridized carbons (Fsp3) is 0.667. The third kappa shape index (κ3) is 3.19. The molecule has 1 aliphatic rings. The van der Waals surface area contributed by atoms with Crippen molar-refractivity contribution in [1.29, 1.82) is 0 Å². The summed E-state index contributed by atoms with van der Waals surface area (Å²) in [5.41, 5.74) is -0.841. The summed E-state index contributed by atoms with van der Waals surface area (Å²) in [5, 5.41) is 20.6. The first-order valence-corrected chi connectivity index (χ1v) is 6.45. The topological polar surface area (TPSA) is 111 Å². The largest absolute Gasteiger partial charge is 0.476 e. The number of nitro groups is 1. The first-order valence-electron chi connectivity index (χ1n) is 6.45. The van der Waals surface area contributed by atoms with Gasteiger partial charge in [0.05, 0.1) is 30.3 Å². The van der Waals surface area contributed by atoms with Crippen molar-refractivity contribution in [3.05, 3.63) is 16.4 Å². The van der Waals surface area contributed by atoms with Gasteiger partial charge in [-0.25, -0.2) is 4.98 Å². The Morgan fingerprint density at radius 2 is 2.33 bits per heavy atom. The predicted molar refractivity (Wildman–Crippen MR) is 73.5 cm³/mol. The number of rotatable bonds is 4. The molecular formula is C12H18N4O5. The van der Waals surface area contributed by atoms with Crippen LogP contribution in [0.2, 0.25) is 0 Å². The Kier molecular flexibility index (Phi) is 4.24.